The van der Waals surface area contributed by atoms with Crippen molar-refractivity contribution < 1.29 is 8.42 Å². The normalized spacial score (nSPS) is 13.2. The van der Waals surface area contributed by atoms with E-state index in [0.29, 0.717) is 10.7 Å². The van der Waals surface area contributed by atoms with Gasteiger partial charge in [-0.1, -0.05) is 17.7 Å². The molecule has 0 saturated carbocycles. The molecule has 19 heavy (non-hydrogen) atoms. The van der Waals surface area contributed by atoms with Crippen molar-refractivity contribution in [3.63, 3.8) is 0 Å². The average molecular weight is 297 g/mol. The molecule has 4 nitrogen and oxygen atoms in total. The standard InChI is InChI=1S/C13H13ClN2O2S/c1-10(13-4-2-3-9-15-13)16-19(17,18)12-7-5-11(14)6-8-12/h2-10,16H,1H3/t10-/m0/s1. The molecule has 0 aliphatic rings. The maximum atomic E-state index is 12.1. The molecule has 6 heteroatoms. The number of hydrogen-bond donors (Lipinski definition) is 1. The van der Waals surface area contributed by atoms with E-state index in [-0.39, 0.29) is 4.90 Å². The minimum atomic E-state index is -3.57. The molecule has 0 spiro atoms. The van der Waals surface area contributed by atoms with Gasteiger partial charge in [0.1, 0.15) is 0 Å². The molecule has 1 heterocycles. The van der Waals surface area contributed by atoms with Gasteiger partial charge in [0.05, 0.1) is 16.6 Å². The molecule has 0 aliphatic heterocycles. The number of pyridine rings is 1. The third-order valence-electron chi connectivity index (χ3n) is 2.59. The first-order chi connectivity index (χ1) is 8.99. The fourth-order valence-corrected chi connectivity index (χ4v) is 2.95. The SMILES string of the molecule is C[C@H](NS(=O)(=O)c1ccc(Cl)cc1)c1ccccn1. The average Bonchev–Trinajstić information content (AvgIpc) is 2.40. The van der Waals surface area contributed by atoms with Crippen LogP contribution in [-0.4, -0.2) is 13.4 Å². The lowest BCUT2D eigenvalue weighted by atomic mass is 10.2. The van der Waals surface area contributed by atoms with E-state index in [1.807, 2.05) is 6.07 Å². The Morgan fingerprint density at radius 2 is 1.84 bits per heavy atom. The Kier molecular flexibility index (Phi) is 4.19. The van der Waals surface area contributed by atoms with E-state index in [1.165, 1.54) is 12.1 Å². The van der Waals surface area contributed by atoms with Gasteiger partial charge in [-0.3, -0.25) is 4.98 Å². The first-order valence-corrected chi connectivity index (χ1v) is 7.54. The summed E-state index contributed by atoms with van der Waals surface area (Å²) >= 11 is 5.74. The summed E-state index contributed by atoms with van der Waals surface area (Å²) < 4.78 is 26.9. The molecular weight excluding hydrogens is 284 g/mol. The van der Waals surface area contributed by atoms with Crippen LogP contribution < -0.4 is 4.72 Å². The summed E-state index contributed by atoms with van der Waals surface area (Å²) in [6, 6.07) is 11.0. The second-order valence-corrected chi connectivity index (χ2v) is 6.20. The number of aromatic nitrogens is 1. The smallest absolute Gasteiger partial charge is 0.241 e. The van der Waals surface area contributed by atoms with Gasteiger partial charge in [0, 0.05) is 11.2 Å². The number of rotatable bonds is 4. The molecule has 1 aromatic carbocycles. The van der Waals surface area contributed by atoms with Gasteiger partial charge in [-0.25, -0.2) is 13.1 Å². The van der Waals surface area contributed by atoms with Crippen LogP contribution in [-0.2, 0) is 10.0 Å². The number of benzene rings is 1. The Morgan fingerprint density at radius 3 is 2.42 bits per heavy atom. The lowest BCUT2D eigenvalue weighted by Gasteiger charge is -2.13. The molecule has 1 N–H and O–H groups in total. The minimum Gasteiger partial charge on any atom is -0.260 e. The number of nitrogens with zero attached hydrogens (tertiary/aromatic N) is 1. The van der Waals surface area contributed by atoms with E-state index in [4.69, 9.17) is 11.6 Å². The summed E-state index contributed by atoms with van der Waals surface area (Å²) in [6.45, 7) is 1.75. The Balaban J connectivity index is 2.20. The number of hydrogen-bond acceptors (Lipinski definition) is 3. The van der Waals surface area contributed by atoms with Crippen LogP contribution >= 0.6 is 11.6 Å². The van der Waals surface area contributed by atoms with Gasteiger partial charge in [-0.15, -0.1) is 0 Å². The van der Waals surface area contributed by atoms with Crippen LogP contribution in [0.5, 0.6) is 0 Å². The number of nitrogens with one attached hydrogen (secondary N) is 1. The predicted molar refractivity (Wildman–Crippen MR) is 74.4 cm³/mol. The Morgan fingerprint density at radius 1 is 1.16 bits per heavy atom. The highest BCUT2D eigenvalue weighted by Crippen LogP contribution is 2.17. The van der Waals surface area contributed by atoms with Crippen LogP contribution in [0.2, 0.25) is 5.02 Å². The van der Waals surface area contributed by atoms with Crippen molar-refractivity contribution in [2.45, 2.75) is 17.9 Å². The Labute approximate surface area is 117 Å². The second-order valence-electron chi connectivity index (χ2n) is 4.05. The van der Waals surface area contributed by atoms with Gasteiger partial charge < -0.3 is 0 Å². The molecule has 0 radical (unpaired) electrons. The predicted octanol–water partition coefficient (Wildman–Crippen LogP) is 2.77. The third-order valence-corrected chi connectivity index (χ3v) is 4.40. The van der Waals surface area contributed by atoms with E-state index >= 15 is 0 Å². The largest absolute Gasteiger partial charge is 0.260 e. The molecule has 0 unspecified atom stereocenters. The molecule has 1 atom stereocenters. The zero-order valence-corrected chi connectivity index (χ0v) is 11.8. The molecule has 0 amide bonds. The van der Waals surface area contributed by atoms with Crippen molar-refractivity contribution in [1.82, 2.24) is 9.71 Å². The molecular formula is C13H13ClN2O2S. The van der Waals surface area contributed by atoms with Gasteiger partial charge in [-0.2, -0.15) is 0 Å². The Bertz CT molecular complexity index is 642. The maximum Gasteiger partial charge on any atom is 0.241 e. The highest BCUT2D eigenvalue weighted by molar-refractivity contribution is 7.89. The zero-order chi connectivity index (χ0) is 13.9. The number of halogens is 1. The van der Waals surface area contributed by atoms with Gasteiger partial charge in [0.25, 0.3) is 0 Å². The summed E-state index contributed by atoms with van der Waals surface area (Å²) in [4.78, 5) is 4.30. The number of sulfonamides is 1. The molecule has 0 bridgehead atoms. The van der Waals surface area contributed by atoms with E-state index in [0.717, 1.165) is 0 Å². The highest BCUT2D eigenvalue weighted by atomic mass is 35.5. The molecule has 2 rings (SSSR count). The molecule has 2 aromatic rings. The first-order valence-electron chi connectivity index (χ1n) is 5.68. The van der Waals surface area contributed by atoms with Crippen LogP contribution in [0.3, 0.4) is 0 Å². The fraction of sp³-hybridized carbons (Fsp3) is 0.154. The topological polar surface area (TPSA) is 59.1 Å². The van der Waals surface area contributed by atoms with E-state index in [9.17, 15) is 8.42 Å². The van der Waals surface area contributed by atoms with Crippen LogP contribution in [0.1, 0.15) is 18.7 Å². The summed E-state index contributed by atoms with van der Waals surface area (Å²) in [5.74, 6) is 0. The van der Waals surface area contributed by atoms with Crippen molar-refractivity contribution in [2.24, 2.45) is 0 Å². The summed E-state index contributed by atoms with van der Waals surface area (Å²) in [5.41, 5.74) is 0.667. The molecule has 1 aromatic heterocycles. The quantitative estimate of drug-likeness (QED) is 0.944. The maximum absolute atomic E-state index is 12.1. The van der Waals surface area contributed by atoms with Gasteiger partial charge in [-0.05, 0) is 43.3 Å². The highest BCUT2D eigenvalue weighted by Gasteiger charge is 2.18. The molecule has 100 valence electrons. The lowest BCUT2D eigenvalue weighted by Crippen LogP contribution is -2.27. The summed E-state index contributed by atoms with van der Waals surface area (Å²) in [5, 5.41) is 0.497. The van der Waals surface area contributed by atoms with Crippen LogP contribution in [0.4, 0.5) is 0 Å². The first kappa shape index (κ1) is 14.0. The summed E-state index contributed by atoms with van der Waals surface area (Å²) in [7, 11) is -3.57. The van der Waals surface area contributed by atoms with Gasteiger partial charge in [0.15, 0.2) is 0 Å². The van der Waals surface area contributed by atoms with Crippen molar-refractivity contribution in [3.8, 4) is 0 Å². The molecule has 0 saturated heterocycles. The van der Waals surface area contributed by atoms with E-state index in [1.54, 1.807) is 37.4 Å². The second kappa shape index (κ2) is 5.69. The monoisotopic (exact) mass is 296 g/mol. The molecule has 0 fully saturated rings. The van der Waals surface area contributed by atoms with Gasteiger partial charge in [0.2, 0.25) is 10.0 Å². The lowest BCUT2D eigenvalue weighted by molar-refractivity contribution is 0.564. The van der Waals surface area contributed by atoms with Crippen molar-refractivity contribution in [2.75, 3.05) is 0 Å². The minimum absolute atomic E-state index is 0.180. The van der Waals surface area contributed by atoms with Crippen LogP contribution in [0.15, 0.2) is 53.6 Å². The molecule has 0 aliphatic carbocycles. The zero-order valence-electron chi connectivity index (χ0n) is 10.2. The van der Waals surface area contributed by atoms with Crippen LogP contribution in [0.25, 0.3) is 0 Å². The summed E-state index contributed by atoms with van der Waals surface area (Å²) in [6.07, 6.45) is 1.63. The van der Waals surface area contributed by atoms with E-state index in [2.05, 4.69) is 9.71 Å². The Hall–Kier alpha value is -1.43. The fourth-order valence-electron chi connectivity index (χ4n) is 1.61. The van der Waals surface area contributed by atoms with E-state index < -0.39 is 16.1 Å². The van der Waals surface area contributed by atoms with Gasteiger partial charge >= 0.3 is 0 Å². The van der Waals surface area contributed by atoms with Crippen molar-refractivity contribution in [3.05, 3.63) is 59.4 Å². The third kappa shape index (κ3) is 3.53. The van der Waals surface area contributed by atoms with Crippen molar-refractivity contribution in [1.29, 1.82) is 0 Å². The van der Waals surface area contributed by atoms with Crippen LogP contribution in [0, 0.1) is 0 Å². The van der Waals surface area contributed by atoms with Crippen molar-refractivity contribution >= 4 is 21.6 Å².